The van der Waals surface area contributed by atoms with E-state index in [4.69, 9.17) is 4.74 Å². The van der Waals surface area contributed by atoms with Crippen LogP contribution in [0.25, 0.3) is 0 Å². The number of amides is 1. The maximum atomic E-state index is 11.9. The van der Waals surface area contributed by atoms with Crippen molar-refractivity contribution in [3.05, 3.63) is 35.4 Å². The third-order valence-electron chi connectivity index (χ3n) is 2.78. The van der Waals surface area contributed by atoms with Gasteiger partial charge in [-0.05, 0) is 13.8 Å². The van der Waals surface area contributed by atoms with Crippen LogP contribution in [0.5, 0.6) is 0 Å². The molecule has 0 bridgehead atoms. The van der Waals surface area contributed by atoms with Crippen molar-refractivity contribution in [2.75, 3.05) is 13.7 Å². The van der Waals surface area contributed by atoms with E-state index in [1.807, 2.05) is 26.0 Å². The molecule has 0 aliphatic heterocycles. The zero-order valence-corrected chi connectivity index (χ0v) is 11.7. The lowest BCUT2D eigenvalue weighted by atomic mass is 10.0. The van der Waals surface area contributed by atoms with Gasteiger partial charge < -0.3 is 10.1 Å². The highest BCUT2D eigenvalue weighted by molar-refractivity contribution is 5.97. The molecule has 4 heteroatoms. The molecule has 0 fully saturated rings. The van der Waals surface area contributed by atoms with Gasteiger partial charge in [0, 0.05) is 31.6 Å². The van der Waals surface area contributed by atoms with Gasteiger partial charge in [0.2, 0.25) is 5.91 Å². The molecule has 0 spiro atoms. The van der Waals surface area contributed by atoms with E-state index >= 15 is 0 Å². The van der Waals surface area contributed by atoms with Crippen molar-refractivity contribution in [1.29, 1.82) is 0 Å². The van der Waals surface area contributed by atoms with Crippen LogP contribution >= 0.6 is 0 Å². The molecular formula is C15H21NO3. The first-order valence-electron chi connectivity index (χ1n) is 6.41. The van der Waals surface area contributed by atoms with E-state index < -0.39 is 0 Å². The predicted molar refractivity (Wildman–Crippen MR) is 74.2 cm³/mol. The maximum Gasteiger partial charge on any atom is 0.220 e. The fourth-order valence-electron chi connectivity index (χ4n) is 1.75. The first-order valence-corrected chi connectivity index (χ1v) is 6.41. The first-order chi connectivity index (χ1) is 9.02. The Hall–Kier alpha value is -1.68. The Morgan fingerprint density at radius 3 is 2.42 bits per heavy atom. The van der Waals surface area contributed by atoms with Crippen molar-refractivity contribution in [2.24, 2.45) is 0 Å². The van der Waals surface area contributed by atoms with Crippen molar-refractivity contribution in [1.82, 2.24) is 5.32 Å². The molecule has 0 aromatic heterocycles. The fraction of sp³-hybridized carbons (Fsp3) is 0.467. The predicted octanol–water partition coefficient (Wildman–Crippen LogP) is 2.11. The van der Waals surface area contributed by atoms with Gasteiger partial charge in [-0.3, -0.25) is 9.59 Å². The summed E-state index contributed by atoms with van der Waals surface area (Å²) in [4.78, 5) is 23.5. The van der Waals surface area contributed by atoms with Gasteiger partial charge in [-0.15, -0.1) is 0 Å². The van der Waals surface area contributed by atoms with E-state index in [0.717, 1.165) is 5.56 Å². The minimum absolute atomic E-state index is 0.00505. The van der Waals surface area contributed by atoms with Crippen LogP contribution in [-0.2, 0) is 9.53 Å². The molecule has 1 aromatic rings. The standard InChI is InChI=1S/C15H21NO3/c1-11-4-6-13(7-5-11)14(17)8-9-15(18)16-12(2)10-19-3/h4-7,12H,8-10H2,1-3H3,(H,16,18). The van der Waals surface area contributed by atoms with Crippen molar-refractivity contribution < 1.29 is 14.3 Å². The van der Waals surface area contributed by atoms with E-state index in [1.165, 1.54) is 0 Å². The third-order valence-corrected chi connectivity index (χ3v) is 2.78. The van der Waals surface area contributed by atoms with Gasteiger partial charge in [0.1, 0.15) is 0 Å². The second-order valence-corrected chi connectivity index (χ2v) is 4.71. The molecule has 104 valence electrons. The van der Waals surface area contributed by atoms with Gasteiger partial charge in [-0.25, -0.2) is 0 Å². The van der Waals surface area contributed by atoms with Crippen LogP contribution in [0.1, 0.15) is 35.7 Å². The monoisotopic (exact) mass is 263 g/mol. The van der Waals surface area contributed by atoms with Crippen LogP contribution in [0.4, 0.5) is 0 Å². The summed E-state index contributed by atoms with van der Waals surface area (Å²) in [6, 6.07) is 7.35. The molecule has 19 heavy (non-hydrogen) atoms. The highest BCUT2D eigenvalue weighted by Crippen LogP contribution is 2.07. The second-order valence-electron chi connectivity index (χ2n) is 4.71. The number of carbonyl (C=O) groups is 2. The van der Waals surface area contributed by atoms with Gasteiger partial charge in [-0.1, -0.05) is 29.8 Å². The summed E-state index contributed by atoms with van der Waals surface area (Å²) in [5.41, 5.74) is 1.77. The lowest BCUT2D eigenvalue weighted by Gasteiger charge is -2.12. The summed E-state index contributed by atoms with van der Waals surface area (Å²) in [6.45, 7) is 4.31. The Morgan fingerprint density at radius 2 is 1.84 bits per heavy atom. The number of hydrogen-bond donors (Lipinski definition) is 1. The normalized spacial score (nSPS) is 11.9. The summed E-state index contributed by atoms with van der Waals surface area (Å²) in [6.07, 6.45) is 0.440. The minimum atomic E-state index is -0.120. The molecule has 0 saturated carbocycles. The smallest absolute Gasteiger partial charge is 0.220 e. The number of rotatable bonds is 7. The summed E-state index contributed by atoms with van der Waals surface area (Å²) >= 11 is 0. The molecule has 1 N–H and O–H groups in total. The van der Waals surface area contributed by atoms with E-state index in [0.29, 0.717) is 12.2 Å². The van der Waals surface area contributed by atoms with E-state index in [-0.39, 0.29) is 30.6 Å². The second kappa shape index (κ2) is 7.69. The molecule has 0 radical (unpaired) electrons. The molecular weight excluding hydrogens is 242 g/mol. The maximum absolute atomic E-state index is 11.9. The highest BCUT2D eigenvalue weighted by atomic mass is 16.5. The van der Waals surface area contributed by atoms with Gasteiger partial charge in [-0.2, -0.15) is 0 Å². The lowest BCUT2D eigenvalue weighted by Crippen LogP contribution is -2.35. The van der Waals surface area contributed by atoms with E-state index in [1.54, 1.807) is 19.2 Å². The van der Waals surface area contributed by atoms with Gasteiger partial charge >= 0.3 is 0 Å². The van der Waals surface area contributed by atoms with E-state index in [9.17, 15) is 9.59 Å². The van der Waals surface area contributed by atoms with Gasteiger partial charge in [0.15, 0.2) is 5.78 Å². The number of aryl methyl sites for hydroxylation is 1. The van der Waals surface area contributed by atoms with Crippen molar-refractivity contribution >= 4 is 11.7 Å². The van der Waals surface area contributed by atoms with Crippen molar-refractivity contribution in [3.8, 4) is 0 Å². The molecule has 1 aromatic carbocycles. The summed E-state index contributed by atoms with van der Waals surface area (Å²) in [5.74, 6) is -0.125. The fourth-order valence-corrected chi connectivity index (χ4v) is 1.75. The Labute approximate surface area is 114 Å². The van der Waals surface area contributed by atoms with Crippen LogP contribution in [0.3, 0.4) is 0 Å². The number of Topliss-reactive ketones (excluding diaryl/α,β-unsaturated/α-hetero) is 1. The summed E-state index contributed by atoms with van der Waals surface area (Å²) in [7, 11) is 1.59. The van der Waals surface area contributed by atoms with Crippen LogP contribution in [0.2, 0.25) is 0 Å². The number of ether oxygens (including phenoxy) is 1. The van der Waals surface area contributed by atoms with Gasteiger partial charge in [0.05, 0.1) is 6.61 Å². The number of carbonyl (C=O) groups excluding carboxylic acids is 2. The third kappa shape index (κ3) is 5.66. The average molecular weight is 263 g/mol. The SMILES string of the molecule is COCC(C)NC(=O)CCC(=O)c1ccc(C)cc1. The Bertz CT molecular complexity index is 426. The topological polar surface area (TPSA) is 55.4 Å². The Morgan fingerprint density at radius 1 is 1.21 bits per heavy atom. The number of ketones is 1. The quantitative estimate of drug-likeness (QED) is 0.767. The minimum Gasteiger partial charge on any atom is -0.383 e. The highest BCUT2D eigenvalue weighted by Gasteiger charge is 2.11. The number of hydrogen-bond acceptors (Lipinski definition) is 3. The molecule has 0 heterocycles. The van der Waals surface area contributed by atoms with Crippen LogP contribution in [0.15, 0.2) is 24.3 Å². The van der Waals surface area contributed by atoms with Crippen molar-refractivity contribution in [3.63, 3.8) is 0 Å². The lowest BCUT2D eigenvalue weighted by molar-refractivity contribution is -0.122. The number of benzene rings is 1. The van der Waals surface area contributed by atoms with Gasteiger partial charge in [0.25, 0.3) is 0 Å². The summed E-state index contributed by atoms with van der Waals surface area (Å²) in [5, 5.41) is 2.78. The largest absolute Gasteiger partial charge is 0.383 e. The number of nitrogens with one attached hydrogen (secondary N) is 1. The Kier molecular flexibility index (Phi) is 6.22. The Balaban J connectivity index is 2.37. The molecule has 1 atom stereocenters. The number of methoxy groups -OCH3 is 1. The zero-order valence-electron chi connectivity index (χ0n) is 11.7. The first kappa shape index (κ1) is 15.4. The van der Waals surface area contributed by atoms with Crippen molar-refractivity contribution in [2.45, 2.75) is 32.7 Å². The zero-order chi connectivity index (χ0) is 14.3. The molecule has 4 nitrogen and oxygen atoms in total. The molecule has 1 amide bonds. The van der Waals surface area contributed by atoms with Crippen LogP contribution in [0, 0.1) is 6.92 Å². The molecule has 1 rings (SSSR count). The van der Waals surface area contributed by atoms with Crippen LogP contribution in [-0.4, -0.2) is 31.4 Å². The molecule has 0 aliphatic rings. The van der Waals surface area contributed by atoms with E-state index in [2.05, 4.69) is 5.32 Å². The molecule has 0 aliphatic carbocycles. The average Bonchev–Trinajstić information content (AvgIpc) is 2.37. The van der Waals surface area contributed by atoms with Crippen LogP contribution < -0.4 is 5.32 Å². The molecule has 0 saturated heterocycles. The summed E-state index contributed by atoms with van der Waals surface area (Å²) < 4.78 is 4.93. The molecule has 1 unspecified atom stereocenters.